The van der Waals surface area contributed by atoms with Crippen molar-refractivity contribution in [2.75, 3.05) is 0 Å². The fourth-order valence-electron chi connectivity index (χ4n) is 2.22. The summed E-state index contributed by atoms with van der Waals surface area (Å²) in [5.74, 6) is -2.51. The summed E-state index contributed by atoms with van der Waals surface area (Å²) in [6, 6.07) is 0. The number of carbonyl (C=O) groups excluding carboxylic acids is 1. The Balaban J connectivity index is 0.00000120. The third-order valence-electron chi connectivity index (χ3n) is 2.96. The number of carboxylic acids is 1. The van der Waals surface area contributed by atoms with Crippen LogP contribution in [0.5, 0.6) is 5.88 Å². The first-order valence-electron chi connectivity index (χ1n) is 5.37. The molecule has 0 radical (unpaired) electrons. The molecule has 2 aromatic heterocycles. The predicted molar refractivity (Wildman–Crippen MR) is 61.4 cm³/mol. The number of carboxylic acid groups (broad SMARTS) is 1. The molecule has 6 nitrogen and oxygen atoms in total. The van der Waals surface area contributed by atoms with Crippen molar-refractivity contribution in [1.82, 2.24) is 9.97 Å². The molecule has 2 N–H and O–H groups in total. The SMILES string of the molecule is O.O=C([O-])c1nc([O-])c2c3c(sc2n1)CCCC3.[Na+].[Na+]. The molecular weight excluding hydrogens is 302 g/mol. The Bertz CT molecular complexity index is 632. The van der Waals surface area contributed by atoms with Crippen LogP contribution in [0.15, 0.2) is 0 Å². The van der Waals surface area contributed by atoms with Crippen LogP contribution in [0.4, 0.5) is 0 Å². The molecule has 0 unspecified atom stereocenters. The van der Waals surface area contributed by atoms with Gasteiger partial charge >= 0.3 is 59.1 Å². The van der Waals surface area contributed by atoms with Gasteiger partial charge in [0.25, 0.3) is 0 Å². The van der Waals surface area contributed by atoms with Crippen molar-refractivity contribution in [3.8, 4) is 5.88 Å². The van der Waals surface area contributed by atoms with Gasteiger partial charge < -0.3 is 20.5 Å². The summed E-state index contributed by atoms with van der Waals surface area (Å²) in [6.07, 6.45) is 3.96. The van der Waals surface area contributed by atoms with Crippen LogP contribution in [0.25, 0.3) is 10.2 Å². The van der Waals surface area contributed by atoms with Gasteiger partial charge in [0.15, 0.2) is 5.82 Å². The Morgan fingerprint density at radius 3 is 2.45 bits per heavy atom. The zero-order valence-electron chi connectivity index (χ0n) is 11.4. The molecule has 96 valence electrons. The number of nitrogens with zero attached hydrogens (tertiary/aromatic N) is 2. The van der Waals surface area contributed by atoms with E-state index in [9.17, 15) is 15.0 Å². The van der Waals surface area contributed by atoms with Gasteiger partial charge in [-0.15, -0.1) is 11.3 Å². The Morgan fingerprint density at radius 1 is 1.15 bits per heavy atom. The monoisotopic (exact) mass is 312 g/mol. The average molecular weight is 312 g/mol. The van der Waals surface area contributed by atoms with E-state index in [-0.39, 0.29) is 64.6 Å². The molecule has 1 aliphatic rings. The Kier molecular flexibility index (Phi) is 8.16. The second-order valence-electron chi connectivity index (χ2n) is 4.03. The van der Waals surface area contributed by atoms with Crippen LogP contribution >= 0.6 is 11.3 Å². The maximum absolute atomic E-state index is 11.8. The minimum Gasteiger partial charge on any atom is -0.858 e. The minimum atomic E-state index is -1.50. The van der Waals surface area contributed by atoms with Crippen molar-refractivity contribution in [2.24, 2.45) is 0 Å². The molecule has 0 amide bonds. The largest absolute Gasteiger partial charge is 1.00 e. The van der Waals surface area contributed by atoms with Crippen LogP contribution in [-0.2, 0) is 12.8 Å². The maximum Gasteiger partial charge on any atom is 1.00 e. The van der Waals surface area contributed by atoms with Gasteiger partial charge in [0, 0.05) is 16.1 Å². The first-order chi connectivity index (χ1) is 8.16. The van der Waals surface area contributed by atoms with Crippen molar-refractivity contribution in [3.63, 3.8) is 0 Å². The van der Waals surface area contributed by atoms with Crippen molar-refractivity contribution in [1.29, 1.82) is 0 Å². The molecule has 3 rings (SSSR count). The molecule has 2 heterocycles. The first-order valence-corrected chi connectivity index (χ1v) is 6.19. The van der Waals surface area contributed by atoms with Crippen LogP contribution in [0.3, 0.4) is 0 Å². The number of rotatable bonds is 1. The minimum absolute atomic E-state index is 0. The van der Waals surface area contributed by atoms with Crippen molar-refractivity contribution < 1.29 is 79.6 Å². The number of aromatic nitrogens is 2. The Labute approximate surface area is 163 Å². The third-order valence-corrected chi connectivity index (χ3v) is 4.15. The number of thiophene rings is 1. The smallest absolute Gasteiger partial charge is 0.858 e. The van der Waals surface area contributed by atoms with Gasteiger partial charge in [-0.2, -0.15) is 0 Å². The number of hydrogen-bond acceptors (Lipinski definition) is 6. The molecular formula is C11H10N2Na2O4S. The summed E-state index contributed by atoms with van der Waals surface area (Å²) in [4.78, 5) is 19.6. The van der Waals surface area contributed by atoms with Gasteiger partial charge in [0.1, 0.15) is 10.8 Å². The van der Waals surface area contributed by atoms with Crippen molar-refractivity contribution >= 4 is 27.5 Å². The van der Waals surface area contributed by atoms with Crippen LogP contribution < -0.4 is 69.3 Å². The third kappa shape index (κ3) is 3.53. The second kappa shape index (κ2) is 8.05. The van der Waals surface area contributed by atoms with Crippen molar-refractivity contribution in [2.45, 2.75) is 25.7 Å². The summed E-state index contributed by atoms with van der Waals surface area (Å²) >= 11 is 1.40. The van der Waals surface area contributed by atoms with Crippen LogP contribution in [-0.4, -0.2) is 21.4 Å². The van der Waals surface area contributed by atoms with E-state index in [0.717, 1.165) is 36.1 Å². The molecule has 0 aliphatic heterocycles. The van der Waals surface area contributed by atoms with Crippen LogP contribution in [0, 0.1) is 0 Å². The van der Waals surface area contributed by atoms with Crippen molar-refractivity contribution in [3.05, 3.63) is 16.3 Å². The van der Waals surface area contributed by atoms with Gasteiger partial charge in [-0.3, -0.25) is 0 Å². The molecule has 0 spiro atoms. The zero-order chi connectivity index (χ0) is 12.0. The Hall–Kier alpha value is 0.270. The number of hydrogen-bond donors (Lipinski definition) is 0. The molecule has 0 bridgehead atoms. The fourth-order valence-corrected chi connectivity index (χ4v) is 3.47. The van der Waals surface area contributed by atoms with Gasteiger partial charge in [-0.05, 0) is 31.2 Å². The maximum atomic E-state index is 11.8. The molecule has 1 aliphatic carbocycles. The average Bonchev–Trinajstić information content (AvgIpc) is 2.67. The standard InChI is InChI=1S/C11H10N2O3S.2Na.H2O/c14-9-7-5-3-1-2-4-6(5)17-10(7)13-8(12-9)11(15)16;;;/h1-4H2,(H,15,16)(H,12,13,14);;;1H2/q;2*+1;/p-2. The van der Waals surface area contributed by atoms with Gasteiger partial charge in [-0.25, -0.2) is 9.97 Å². The fraction of sp³-hybridized carbons (Fsp3) is 0.364. The molecule has 9 heteroatoms. The predicted octanol–water partition coefficient (Wildman–Crippen LogP) is -6.81. The van der Waals surface area contributed by atoms with Gasteiger partial charge in [0.2, 0.25) is 0 Å². The zero-order valence-corrected chi connectivity index (χ0v) is 16.2. The Morgan fingerprint density at radius 2 is 1.80 bits per heavy atom. The summed E-state index contributed by atoms with van der Waals surface area (Å²) in [5, 5.41) is 23.0. The summed E-state index contributed by atoms with van der Waals surface area (Å²) < 4.78 is 0. The van der Waals surface area contributed by atoms with E-state index < -0.39 is 17.7 Å². The second-order valence-corrected chi connectivity index (χ2v) is 5.11. The van der Waals surface area contributed by atoms with E-state index in [2.05, 4.69) is 9.97 Å². The quantitative estimate of drug-likeness (QED) is 0.485. The molecule has 0 saturated heterocycles. The molecule has 0 saturated carbocycles. The van der Waals surface area contributed by atoms with E-state index >= 15 is 0 Å². The number of aromatic carboxylic acids is 1. The summed E-state index contributed by atoms with van der Waals surface area (Å²) in [7, 11) is 0. The van der Waals surface area contributed by atoms with E-state index in [1.165, 1.54) is 11.3 Å². The molecule has 0 aromatic carbocycles. The van der Waals surface area contributed by atoms with Gasteiger partial charge in [0.05, 0.1) is 0 Å². The molecule has 2 aromatic rings. The summed E-state index contributed by atoms with van der Waals surface area (Å²) in [6.45, 7) is 0. The summed E-state index contributed by atoms with van der Waals surface area (Å²) in [5.41, 5.74) is 1.02. The van der Waals surface area contributed by atoms with Gasteiger partial charge in [-0.1, -0.05) is 0 Å². The first kappa shape index (κ1) is 20.3. The number of aryl methyl sites for hydroxylation is 2. The topological polar surface area (TPSA) is 120 Å². The van der Waals surface area contributed by atoms with E-state index in [0.29, 0.717) is 10.2 Å². The van der Waals surface area contributed by atoms with Crippen LogP contribution in [0.2, 0.25) is 0 Å². The molecule has 0 atom stereocenters. The number of fused-ring (bicyclic) bond motifs is 3. The normalized spacial score (nSPS) is 12.6. The van der Waals surface area contributed by atoms with E-state index in [4.69, 9.17) is 0 Å². The number of carbonyl (C=O) groups is 1. The van der Waals surface area contributed by atoms with E-state index in [1.807, 2.05) is 0 Å². The van der Waals surface area contributed by atoms with Crippen LogP contribution in [0.1, 0.15) is 33.9 Å². The van der Waals surface area contributed by atoms with E-state index in [1.54, 1.807) is 0 Å². The molecule has 0 fully saturated rings. The molecule has 20 heavy (non-hydrogen) atoms.